The van der Waals surface area contributed by atoms with Crippen molar-refractivity contribution in [1.29, 1.82) is 0 Å². The molecule has 2 aromatic rings. The number of allylic oxidation sites excluding steroid dienone is 2. The van der Waals surface area contributed by atoms with Crippen LogP contribution in [0.25, 0.3) is 5.57 Å². The number of aliphatic imine (C=N–C) groups is 2. The number of hydrogen-bond acceptors (Lipinski definition) is 3. The lowest BCUT2D eigenvalue weighted by molar-refractivity contribution is 0.101. The van der Waals surface area contributed by atoms with Gasteiger partial charge in [0.15, 0.2) is 23.3 Å². The molecule has 0 saturated carbocycles. The third-order valence-corrected chi connectivity index (χ3v) is 4.98. The number of carbonyl (C=O) groups is 1. The molecule has 0 aliphatic heterocycles. The van der Waals surface area contributed by atoms with Gasteiger partial charge < -0.3 is 5.32 Å². The maximum absolute atomic E-state index is 14.3. The molecule has 0 fully saturated rings. The van der Waals surface area contributed by atoms with E-state index in [9.17, 15) is 13.6 Å². The molecular weight excluding hydrogens is 408 g/mol. The number of halogens is 2. The minimum absolute atomic E-state index is 0.0225. The summed E-state index contributed by atoms with van der Waals surface area (Å²) in [6, 6.07) is 8.61. The Morgan fingerprint density at radius 1 is 1.03 bits per heavy atom. The zero-order chi connectivity index (χ0) is 23.8. The number of ketones is 1. The highest BCUT2D eigenvalue weighted by Crippen LogP contribution is 2.22. The number of hydrogen-bond donors (Lipinski definition) is 1. The van der Waals surface area contributed by atoms with Crippen LogP contribution in [-0.2, 0) is 6.42 Å². The Morgan fingerprint density at radius 3 is 2.34 bits per heavy atom. The molecule has 0 unspecified atom stereocenters. The molecular formula is C26H29F2N3O. The predicted molar refractivity (Wildman–Crippen MR) is 130 cm³/mol. The summed E-state index contributed by atoms with van der Waals surface area (Å²) in [4.78, 5) is 20.6. The fraction of sp³-hybridized carbons (Fsp3) is 0.269. The number of aryl methyl sites for hydroxylation is 2. The Kier molecular flexibility index (Phi) is 8.76. The van der Waals surface area contributed by atoms with Gasteiger partial charge in [-0.3, -0.25) is 9.79 Å². The molecule has 0 bridgehead atoms. The number of benzene rings is 2. The highest BCUT2D eigenvalue weighted by Gasteiger charge is 2.12. The van der Waals surface area contributed by atoms with E-state index >= 15 is 0 Å². The van der Waals surface area contributed by atoms with Crippen molar-refractivity contribution >= 4 is 28.6 Å². The van der Waals surface area contributed by atoms with Gasteiger partial charge in [0.05, 0.1) is 5.71 Å². The summed E-state index contributed by atoms with van der Waals surface area (Å²) in [6.45, 7) is 10.4. The zero-order valence-electron chi connectivity index (χ0n) is 19.4. The smallest absolute Gasteiger partial charge is 0.166 e. The lowest BCUT2D eigenvalue weighted by atomic mass is 10.0. The summed E-state index contributed by atoms with van der Waals surface area (Å²) < 4.78 is 28.2. The van der Waals surface area contributed by atoms with E-state index in [0.29, 0.717) is 22.7 Å². The summed E-state index contributed by atoms with van der Waals surface area (Å²) in [7, 11) is 0. The second-order valence-electron chi connectivity index (χ2n) is 7.45. The zero-order valence-corrected chi connectivity index (χ0v) is 19.4. The van der Waals surface area contributed by atoms with E-state index in [-0.39, 0.29) is 16.9 Å². The van der Waals surface area contributed by atoms with Gasteiger partial charge in [0.2, 0.25) is 0 Å². The van der Waals surface area contributed by atoms with Crippen LogP contribution in [0.15, 0.2) is 58.8 Å². The van der Waals surface area contributed by atoms with E-state index in [1.54, 1.807) is 45.2 Å². The quantitative estimate of drug-likeness (QED) is 0.291. The first-order valence-corrected chi connectivity index (χ1v) is 10.5. The van der Waals surface area contributed by atoms with Gasteiger partial charge in [-0.2, -0.15) is 0 Å². The van der Waals surface area contributed by atoms with Crippen molar-refractivity contribution in [3.63, 3.8) is 0 Å². The van der Waals surface area contributed by atoms with Crippen molar-refractivity contribution in [2.45, 2.75) is 48.0 Å². The molecule has 168 valence electrons. The molecule has 0 aliphatic rings. The topological polar surface area (TPSA) is 53.8 Å². The van der Waals surface area contributed by atoms with Crippen LogP contribution in [0.3, 0.4) is 0 Å². The van der Waals surface area contributed by atoms with Gasteiger partial charge in [0, 0.05) is 29.2 Å². The van der Waals surface area contributed by atoms with Crippen molar-refractivity contribution in [3.8, 4) is 0 Å². The lowest BCUT2D eigenvalue weighted by Crippen LogP contribution is -2.20. The Morgan fingerprint density at radius 2 is 1.72 bits per heavy atom. The molecule has 2 aromatic carbocycles. The van der Waals surface area contributed by atoms with Crippen LogP contribution in [0.5, 0.6) is 0 Å². The first-order valence-electron chi connectivity index (χ1n) is 10.5. The predicted octanol–water partition coefficient (Wildman–Crippen LogP) is 6.90. The Hall–Kier alpha value is -3.41. The molecule has 0 amide bonds. The van der Waals surface area contributed by atoms with Gasteiger partial charge in [-0.25, -0.2) is 13.8 Å². The highest BCUT2D eigenvalue weighted by molar-refractivity contribution is 6.45. The molecule has 2 rings (SSSR count). The second kappa shape index (κ2) is 11.3. The summed E-state index contributed by atoms with van der Waals surface area (Å²) >= 11 is 0. The first-order chi connectivity index (χ1) is 15.2. The molecule has 0 heterocycles. The van der Waals surface area contributed by atoms with Crippen LogP contribution in [0.4, 0.5) is 14.5 Å². The number of rotatable bonds is 7. The van der Waals surface area contributed by atoms with Crippen molar-refractivity contribution in [2.75, 3.05) is 5.32 Å². The average Bonchev–Trinajstić information content (AvgIpc) is 2.78. The van der Waals surface area contributed by atoms with Gasteiger partial charge in [-0.05, 0) is 75.9 Å². The minimum Gasteiger partial charge on any atom is -0.339 e. The molecule has 0 aromatic heterocycles. The van der Waals surface area contributed by atoms with Crippen LogP contribution < -0.4 is 5.32 Å². The molecule has 1 N–H and O–H groups in total. The molecule has 0 aliphatic carbocycles. The van der Waals surface area contributed by atoms with Gasteiger partial charge >= 0.3 is 0 Å². The van der Waals surface area contributed by atoms with Crippen molar-refractivity contribution < 1.29 is 13.6 Å². The Balaban J connectivity index is 2.37. The maximum atomic E-state index is 14.3. The summed E-state index contributed by atoms with van der Waals surface area (Å²) in [5.74, 6) is -1.21. The normalized spacial score (nSPS) is 13.1. The third-order valence-electron chi connectivity index (χ3n) is 4.98. The maximum Gasteiger partial charge on any atom is 0.166 e. The third kappa shape index (κ3) is 6.06. The number of amidine groups is 1. The van der Waals surface area contributed by atoms with Crippen LogP contribution in [0.2, 0.25) is 0 Å². The van der Waals surface area contributed by atoms with Gasteiger partial charge in [0.25, 0.3) is 0 Å². The Labute approximate surface area is 188 Å². The fourth-order valence-corrected chi connectivity index (χ4v) is 3.08. The van der Waals surface area contributed by atoms with Gasteiger partial charge in [-0.15, -0.1) is 0 Å². The van der Waals surface area contributed by atoms with Crippen molar-refractivity contribution in [2.24, 2.45) is 9.98 Å². The lowest BCUT2D eigenvalue weighted by Gasteiger charge is -2.12. The number of nitrogens with one attached hydrogen (secondary N) is 1. The Bertz CT molecular complexity index is 1130. The van der Waals surface area contributed by atoms with E-state index in [4.69, 9.17) is 0 Å². The van der Waals surface area contributed by atoms with E-state index < -0.39 is 11.6 Å². The molecule has 4 nitrogen and oxygen atoms in total. The van der Waals surface area contributed by atoms with Crippen LogP contribution in [-0.4, -0.2) is 17.3 Å². The molecule has 0 atom stereocenters. The van der Waals surface area contributed by atoms with Crippen LogP contribution in [0, 0.1) is 18.6 Å². The number of nitrogens with zero attached hydrogens (tertiary/aromatic N) is 2. The summed E-state index contributed by atoms with van der Waals surface area (Å²) in [5, 5.41) is 3.24. The standard InChI is InChI=1S/C26H29F2N3O/c1-7-13-29-26(31-21-10-12-23(19(6)32)20(8-2)14-21)18(5)30-15-17(4)22-11-9-16(3)24(27)25(22)28/h7,9-15H,8H2,1-6H3,(H,29,31)/b13-7-,17-15+,30-18+. The van der Waals surface area contributed by atoms with Crippen molar-refractivity contribution in [1.82, 2.24) is 0 Å². The van der Waals surface area contributed by atoms with Crippen LogP contribution in [0.1, 0.15) is 61.7 Å². The SMILES string of the molecule is C\C=C/N=C(Nc1ccc(C(C)=O)c(CC)c1)\C(C)=N\C=C(/C)c1ccc(C)c(F)c1F. The first kappa shape index (κ1) is 24.9. The molecule has 6 heteroatoms. The largest absolute Gasteiger partial charge is 0.339 e. The highest BCUT2D eigenvalue weighted by atomic mass is 19.2. The summed E-state index contributed by atoms with van der Waals surface area (Å²) in [5.41, 5.74) is 3.88. The molecule has 0 radical (unpaired) electrons. The van der Waals surface area contributed by atoms with Crippen molar-refractivity contribution in [3.05, 3.63) is 82.7 Å². The van der Waals surface area contributed by atoms with E-state index in [1.165, 1.54) is 19.2 Å². The fourth-order valence-electron chi connectivity index (χ4n) is 3.08. The van der Waals surface area contributed by atoms with E-state index in [1.807, 2.05) is 26.0 Å². The summed E-state index contributed by atoms with van der Waals surface area (Å²) in [6.07, 6.45) is 5.64. The molecule has 0 saturated heterocycles. The minimum atomic E-state index is -0.884. The van der Waals surface area contributed by atoms with Gasteiger partial charge in [0.1, 0.15) is 0 Å². The molecule has 0 spiro atoms. The van der Waals surface area contributed by atoms with E-state index in [0.717, 1.165) is 17.7 Å². The number of anilines is 1. The molecule has 32 heavy (non-hydrogen) atoms. The van der Waals surface area contributed by atoms with Crippen LogP contribution >= 0.6 is 0 Å². The number of carbonyl (C=O) groups excluding carboxylic acids is 1. The van der Waals surface area contributed by atoms with Gasteiger partial charge in [-0.1, -0.05) is 25.1 Å². The average molecular weight is 438 g/mol. The van der Waals surface area contributed by atoms with E-state index in [2.05, 4.69) is 15.3 Å². The second-order valence-corrected chi connectivity index (χ2v) is 7.45. The number of Topliss-reactive ketones (excluding diaryl/α,β-unsaturated/α-hetero) is 1. The monoisotopic (exact) mass is 437 g/mol.